The standard InChI is InChI=1S/C26H32F2N2O3/c27-21-5-6-22(23(28)17-21)19-10-15-30(16-11-19)14-9-18-7-12-26(13-8-18,25(29)32)33-24(31)20-3-1-2-4-20/h3,5-6,10,17-18H,1-2,4,7-9,11-16H2,(H2,29,32). The number of primary amides is 1. The molecular formula is C26H32F2N2O3. The molecule has 7 heteroatoms. The van der Waals surface area contributed by atoms with Crippen LogP contribution in [0.5, 0.6) is 0 Å². The van der Waals surface area contributed by atoms with E-state index < -0.39 is 29.1 Å². The van der Waals surface area contributed by atoms with Crippen molar-refractivity contribution in [3.8, 4) is 0 Å². The minimum atomic E-state index is -1.18. The van der Waals surface area contributed by atoms with Gasteiger partial charge in [-0.3, -0.25) is 9.69 Å². The predicted octanol–water partition coefficient (Wildman–Crippen LogP) is 4.51. The monoisotopic (exact) mass is 458 g/mol. The summed E-state index contributed by atoms with van der Waals surface area (Å²) in [6.45, 7) is 2.47. The molecule has 0 radical (unpaired) electrons. The highest BCUT2D eigenvalue weighted by Crippen LogP contribution is 2.38. The second-order valence-corrected chi connectivity index (χ2v) is 9.51. The lowest BCUT2D eigenvalue weighted by Gasteiger charge is -2.38. The van der Waals surface area contributed by atoms with E-state index in [-0.39, 0.29) is 0 Å². The number of halogens is 2. The lowest BCUT2D eigenvalue weighted by Crippen LogP contribution is -2.50. The van der Waals surface area contributed by atoms with Gasteiger partial charge >= 0.3 is 5.97 Å². The average molecular weight is 459 g/mol. The highest BCUT2D eigenvalue weighted by atomic mass is 19.1. The molecule has 2 N–H and O–H groups in total. The van der Waals surface area contributed by atoms with Crippen molar-refractivity contribution < 1.29 is 23.1 Å². The molecule has 0 bridgehead atoms. The summed E-state index contributed by atoms with van der Waals surface area (Å²) in [7, 11) is 0. The molecule has 1 saturated carbocycles. The van der Waals surface area contributed by atoms with Crippen molar-refractivity contribution in [3.63, 3.8) is 0 Å². The van der Waals surface area contributed by atoms with Gasteiger partial charge in [0.25, 0.3) is 5.91 Å². The molecule has 5 nitrogen and oxygen atoms in total. The first kappa shape index (κ1) is 23.6. The zero-order chi connectivity index (χ0) is 23.4. The molecule has 1 aromatic carbocycles. The van der Waals surface area contributed by atoms with Crippen LogP contribution in [-0.4, -0.2) is 42.0 Å². The molecule has 2 aliphatic carbocycles. The Balaban J connectivity index is 1.26. The molecule has 178 valence electrons. The van der Waals surface area contributed by atoms with Crippen molar-refractivity contribution in [1.29, 1.82) is 0 Å². The van der Waals surface area contributed by atoms with E-state index >= 15 is 0 Å². The van der Waals surface area contributed by atoms with Gasteiger partial charge in [0.2, 0.25) is 0 Å². The van der Waals surface area contributed by atoms with Crippen molar-refractivity contribution >= 4 is 17.4 Å². The van der Waals surface area contributed by atoms with Crippen LogP contribution in [-0.2, 0) is 14.3 Å². The van der Waals surface area contributed by atoms with Crippen molar-refractivity contribution in [2.24, 2.45) is 11.7 Å². The summed E-state index contributed by atoms with van der Waals surface area (Å²) in [4.78, 5) is 27.0. The number of allylic oxidation sites excluding steroid dienone is 1. The molecule has 0 spiro atoms. The van der Waals surface area contributed by atoms with Crippen LogP contribution >= 0.6 is 0 Å². The van der Waals surface area contributed by atoms with Crippen LogP contribution in [0.4, 0.5) is 8.78 Å². The predicted molar refractivity (Wildman–Crippen MR) is 122 cm³/mol. The number of nitrogens with two attached hydrogens (primary N) is 1. The second kappa shape index (κ2) is 10.2. The minimum absolute atomic E-state index is 0.391. The Morgan fingerprint density at radius 3 is 2.55 bits per heavy atom. The van der Waals surface area contributed by atoms with Crippen LogP contribution < -0.4 is 5.73 Å². The lowest BCUT2D eigenvalue weighted by atomic mass is 9.77. The molecule has 3 aliphatic rings. The Hall–Kier alpha value is -2.54. The normalized spacial score (nSPS) is 25.9. The van der Waals surface area contributed by atoms with E-state index in [0.717, 1.165) is 69.8 Å². The minimum Gasteiger partial charge on any atom is -0.446 e. The highest BCUT2D eigenvalue weighted by Gasteiger charge is 2.44. The van der Waals surface area contributed by atoms with Crippen LogP contribution in [0, 0.1) is 17.6 Å². The third kappa shape index (κ3) is 5.52. The van der Waals surface area contributed by atoms with Crippen LogP contribution in [0.15, 0.2) is 35.9 Å². The highest BCUT2D eigenvalue weighted by molar-refractivity contribution is 5.93. The number of carbonyl (C=O) groups is 2. The molecule has 4 rings (SSSR count). The van der Waals surface area contributed by atoms with E-state index in [2.05, 4.69) is 4.90 Å². The molecular weight excluding hydrogens is 426 g/mol. The van der Waals surface area contributed by atoms with Crippen LogP contribution in [0.3, 0.4) is 0 Å². The number of rotatable bonds is 7. The lowest BCUT2D eigenvalue weighted by molar-refractivity contribution is -0.168. The Morgan fingerprint density at radius 2 is 1.94 bits per heavy atom. The number of hydrogen-bond acceptors (Lipinski definition) is 4. The molecule has 0 saturated heterocycles. The summed E-state index contributed by atoms with van der Waals surface area (Å²) in [5, 5.41) is 0. The van der Waals surface area contributed by atoms with Gasteiger partial charge in [-0.05, 0) is 88.0 Å². The van der Waals surface area contributed by atoms with Gasteiger partial charge in [0.15, 0.2) is 5.60 Å². The van der Waals surface area contributed by atoms with Crippen molar-refractivity contribution in [2.75, 3.05) is 19.6 Å². The maximum atomic E-state index is 14.0. The topological polar surface area (TPSA) is 72.6 Å². The van der Waals surface area contributed by atoms with Crippen LogP contribution in [0.25, 0.3) is 5.57 Å². The number of amides is 1. The maximum Gasteiger partial charge on any atom is 0.334 e. The average Bonchev–Trinajstić information content (AvgIpc) is 3.34. The fourth-order valence-corrected chi connectivity index (χ4v) is 5.20. The molecule has 1 amide bonds. The second-order valence-electron chi connectivity index (χ2n) is 9.51. The fraction of sp³-hybridized carbons (Fsp3) is 0.538. The van der Waals surface area contributed by atoms with Gasteiger partial charge in [0.1, 0.15) is 11.6 Å². The van der Waals surface area contributed by atoms with Gasteiger partial charge in [-0.2, -0.15) is 0 Å². The summed E-state index contributed by atoms with van der Waals surface area (Å²) in [5.74, 6) is -1.57. The van der Waals surface area contributed by atoms with Gasteiger partial charge in [-0.15, -0.1) is 0 Å². The van der Waals surface area contributed by atoms with Gasteiger partial charge in [0, 0.05) is 30.3 Å². The molecule has 1 fully saturated rings. The third-order valence-electron chi connectivity index (χ3n) is 7.38. The number of nitrogens with zero attached hydrogens (tertiary/aromatic N) is 1. The Morgan fingerprint density at radius 1 is 1.15 bits per heavy atom. The van der Waals surface area contributed by atoms with E-state index in [1.54, 1.807) is 0 Å². The van der Waals surface area contributed by atoms with Gasteiger partial charge in [-0.25, -0.2) is 13.6 Å². The third-order valence-corrected chi connectivity index (χ3v) is 7.38. The summed E-state index contributed by atoms with van der Waals surface area (Å²) in [5.41, 5.74) is 6.55. The zero-order valence-electron chi connectivity index (χ0n) is 19.0. The first-order valence-corrected chi connectivity index (χ1v) is 12.0. The van der Waals surface area contributed by atoms with Gasteiger partial charge in [0.05, 0.1) is 0 Å². The Kier molecular flexibility index (Phi) is 7.27. The van der Waals surface area contributed by atoms with Crippen molar-refractivity contribution in [2.45, 2.75) is 63.4 Å². The summed E-state index contributed by atoms with van der Waals surface area (Å²) in [6.07, 6.45) is 10.7. The fourth-order valence-electron chi connectivity index (χ4n) is 5.20. The smallest absolute Gasteiger partial charge is 0.334 e. The number of hydrogen-bond donors (Lipinski definition) is 1. The van der Waals surface area contributed by atoms with E-state index in [4.69, 9.17) is 10.5 Å². The number of ether oxygens (including phenoxy) is 1. The maximum absolute atomic E-state index is 14.0. The molecule has 0 aromatic heterocycles. The first-order valence-electron chi connectivity index (χ1n) is 12.0. The van der Waals surface area contributed by atoms with Crippen molar-refractivity contribution in [3.05, 3.63) is 53.1 Å². The van der Waals surface area contributed by atoms with Gasteiger partial charge < -0.3 is 10.5 Å². The molecule has 33 heavy (non-hydrogen) atoms. The van der Waals surface area contributed by atoms with E-state index in [9.17, 15) is 18.4 Å². The molecule has 0 unspecified atom stereocenters. The van der Waals surface area contributed by atoms with Gasteiger partial charge in [-0.1, -0.05) is 12.2 Å². The zero-order valence-corrected chi connectivity index (χ0v) is 19.0. The van der Waals surface area contributed by atoms with E-state index in [0.29, 0.717) is 36.3 Å². The van der Waals surface area contributed by atoms with E-state index in [1.807, 2.05) is 12.2 Å². The SMILES string of the molecule is NC(=O)C1(OC(=O)C2=CCCC2)CCC(CCN2CC=C(c3ccc(F)cc3F)CC2)CC1. The number of esters is 1. The number of benzene rings is 1. The van der Waals surface area contributed by atoms with Crippen LogP contribution in [0.2, 0.25) is 0 Å². The summed E-state index contributed by atoms with van der Waals surface area (Å²) in [6, 6.07) is 3.73. The molecule has 0 atom stereocenters. The number of carbonyl (C=O) groups excluding carboxylic acids is 2. The largest absolute Gasteiger partial charge is 0.446 e. The van der Waals surface area contributed by atoms with E-state index in [1.165, 1.54) is 12.1 Å². The quantitative estimate of drug-likeness (QED) is 0.610. The Bertz CT molecular complexity index is 964. The first-order chi connectivity index (χ1) is 15.9. The van der Waals surface area contributed by atoms with Crippen LogP contribution in [0.1, 0.15) is 63.4 Å². The molecule has 1 aromatic rings. The summed E-state index contributed by atoms with van der Waals surface area (Å²) < 4.78 is 32.9. The molecule has 1 heterocycles. The van der Waals surface area contributed by atoms with Crippen molar-refractivity contribution in [1.82, 2.24) is 4.90 Å². The molecule has 1 aliphatic heterocycles. The Labute approximate surface area is 193 Å². The summed E-state index contributed by atoms with van der Waals surface area (Å²) >= 11 is 0.